The van der Waals surface area contributed by atoms with Gasteiger partial charge in [-0.25, -0.2) is 19.6 Å². The van der Waals surface area contributed by atoms with Crippen LogP contribution in [0.15, 0.2) is 30.9 Å². The molecule has 1 aliphatic rings. The number of amides is 1. The predicted molar refractivity (Wildman–Crippen MR) is 104 cm³/mol. The summed E-state index contributed by atoms with van der Waals surface area (Å²) in [5, 5.41) is 7.86. The summed E-state index contributed by atoms with van der Waals surface area (Å²) in [5.74, 6) is 1.46. The van der Waals surface area contributed by atoms with E-state index in [1.165, 1.54) is 17.7 Å². The first-order valence-electron chi connectivity index (χ1n) is 8.92. The maximum Gasteiger partial charge on any atom is 0.231 e. The first-order chi connectivity index (χ1) is 13.1. The summed E-state index contributed by atoms with van der Waals surface area (Å²) >= 11 is 1.52. The maximum absolute atomic E-state index is 12.7. The maximum atomic E-state index is 12.7. The number of hydrogen-bond acceptors (Lipinski definition) is 7. The van der Waals surface area contributed by atoms with Crippen molar-refractivity contribution in [1.29, 1.82) is 0 Å². The second-order valence-electron chi connectivity index (χ2n) is 6.62. The van der Waals surface area contributed by atoms with Crippen molar-refractivity contribution in [3.8, 4) is 5.82 Å². The Hall–Kier alpha value is -2.81. The van der Waals surface area contributed by atoms with Crippen LogP contribution in [-0.4, -0.2) is 43.7 Å². The molecule has 9 heteroatoms. The molecule has 4 heterocycles. The Labute approximate surface area is 161 Å². The number of hydrogen-bond donors (Lipinski definition) is 1. The van der Waals surface area contributed by atoms with E-state index in [-0.39, 0.29) is 11.8 Å². The van der Waals surface area contributed by atoms with E-state index in [4.69, 9.17) is 0 Å². The van der Waals surface area contributed by atoms with Crippen molar-refractivity contribution in [2.24, 2.45) is 5.92 Å². The van der Waals surface area contributed by atoms with Gasteiger partial charge in [-0.3, -0.25) is 4.79 Å². The molecular weight excluding hydrogens is 362 g/mol. The van der Waals surface area contributed by atoms with E-state index in [2.05, 4.69) is 30.3 Å². The molecule has 1 unspecified atom stereocenters. The number of thiazole rings is 1. The molecule has 0 spiro atoms. The van der Waals surface area contributed by atoms with Crippen LogP contribution in [0.1, 0.15) is 23.4 Å². The van der Waals surface area contributed by atoms with Crippen molar-refractivity contribution in [1.82, 2.24) is 24.7 Å². The van der Waals surface area contributed by atoms with E-state index in [1.807, 2.05) is 32.2 Å². The van der Waals surface area contributed by atoms with Gasteiger partial charge < -0.3 is 10.2 Å². The van der Waals surface area contributed by atoms with Gasteiger partial charge in [0.25, 0.3) is 0 Å². The summed E-state index contributed by atoms with van der Waals surface area (Å²) in [6.07, 6.45) is 6.90. The van der Waals surface area contributed by atoms with Crippen LogP contribution >= 0.6 is 11.3 Å². The van der Waals surface area contributed by atoms with Crippen LogP contribution in [0.3, 0.4) is 0 Å². The number of carbonyl (C=O) groups excluding carboxylic acids is 1. The number of nitrogens with one attached hydrogen (secondary N) is 1. The molecule has 140 valence electrons. The lowest BCUT2D eigenvalue weighted by Gasteiger charge is -2.32. The fourth-order valence-corrected chi connectivity index (χ4v) is 3.99. The number of carbonyl (C=O) groups is 1. The van der Waals surface area contributed by atoms with Crippen LogP contribution in [0.2, 0.25) is 0 Å². The van der Waals surface area contributed by atoms with Crippen molar-refractivity contribution in [3.63, 3.8) is 0 Å². The van der Waals surface area contributed by atoms with Crippen LogP contribution in [0.4, 0.5) is 10.9 Å². The van der Waals surface area contributed by atoms with E-state index in [1.54, 1.807) is 10.9 Å². The van der Waals surface area contributed by atoms with Gasteiger partial charge >= 0.3 is 0 Å². The highest BCUT2D eigenvalue weighted by Gasteiger charge is 2.27. The summed E-state index contributed by atoms with van der Waals surface area (Å²) < 4.78 is 1.70. The first-order valence-corrected chi connectivity index (χ1v) is 9.73. The Kier molecular flexibility index (Phi) is 4.85. The van der Waals surface area contributed by atoms with E-state index in [0.29, 0.717) is 17.5 Å². The van der Waals surface area contributed by atoms with Gasteiger partial charge in [0.2, 0.25) is 5.91 Å². The highest BCUT2D eigenvalue weighted by Crippen LogP contribution is 2.25. The SMILES string of the molecule is Cc1nc(NC(=O)C2CCCN(c3cc(-n4cccn4)ncn3)C2)sc1C. The lowest BCUT2D eigenvalue weighted by molar-refractivity contribution is -0.120. The minimum atomic E-state index is -0.0913. The fraction of sp³-hybridized carbons (Fsp3) is 0.389. The van der Waals surface area contributed by atoms with Gasteiger partial charge in [-0.2, -0.15) is 5.10 Å². The van der Waals surface area contributed by atoms with Crippen LogP contribution in [0.5, 0.6) is 0 Å². The van der Waals surface area contributed by atoms with Gasteiger partial charge in [-0.15, -0.1) is 11.3 Å². The average Bonchev–Trinajstić information content (AvgIpc) is 3.32. The molecule has 3 aromatic heterocycles. The molecule has 1 N–H and O–H groups in total. The summed E-state index contributed by atoms with van der Waals surface area (Å²) in [5.41, 5.74) is 0.965. The largest absolute Gasteiger partial charge is 0.356 e. The molecule has 0 aromatic carbocycles. The molecular formula is C18H21N7OS. The van der Waals surface area contributed by atoms with Crippen molar-refractivity contribution in [2.75, 3.05) is 23.3 Å². The third-order valence-corrected chi connectivity index (χ3v) is 5.74. The summed E-state index contributed by atoms with van der Waals surface area (Å²) in [6, 6.07) is 3.76. The van der Waals surface area contributed by atoms with Gasteiger partial charge in [0.1, 0.15) is 12.1 Å². The molecule has 3 aromatic rings. The van der Waals surface area contributed by atoms with Crippen LogP contribution < -0.4 is 10.2 Å². The van der Waals surface area contributed by atoms with E-state index >= 15 is 0 Å². The van der Waals surface area contributed by atoms with E-state index < -0.39 is 0 Å². The minimum absolute atomic E-state index is 0.0230. The van der Waals surface area contributed by atoms with Crippen molar-refractivity contribution in [2.45, 2.75) is 26.7 Å². The Morgan fingerprint density at radius 3 is 2.89 bits per heavy atom. The smallest absolute Gasteiger partial charge is 0.231 e. The number of aryl methyl sites for hydroxylation is 2. The van der Waals surface area contributed by atoms with Crippen LogP contribution in [0.25, 0.3) is 5.82 Å². The molecule has 1 atom stereocenters. The summed E-state index contributed by atoms with van der Waals surface area (Å²) in [4.78, 5) is 29.0. The third kappa shape index (κ3) is 3.82. The van der Waals surface area contributed by atoms with Crippen molar-refractivity contribution >= 4 is 28.2 Å². The number of rotatable bonds is 4. The zero-order chi connectivity index (χ0) is 18.8. The number of nitrogens with zero attached hydrogens (tertiary/aromatic N) is 6. The van der Waals surface area contributed by atoms with Gasteiger partial charge in [0.15, 0.2) is 10.9 Å². The monoisotopic (exact) mass is 383 g/mol. The summed E-state index contributed by atoms with van der Waals surface area (Å²) in [6.45, 7) is 5.47. The lowest BCUT2D eigenvalue weighted by atomic mass is 9.97. The third-order valence-electron chi connectivity index (χ3n) is 4.75. The number of aromatic nitrogens is 5. The normalized spacial score (nSPS) is 17.1. The molecule has 1 fully saturated rings. The summed E-state index contributed by atoms with van der Waals surface area (Å²) in [7, 11) is 0. The standard InChI is InChI=1S/C18H21N7OS/c1-12-13(2)27-18(22-12)23-17(26)14-5-3-7-24(10-14)15-9-16(20-11-19-15)25-8-4-6-21-25/h4,6,8-9,11,14H,3,5,7,10H2,1-2H3,(H,22,23,26). The Balaban J connectivity index is 1.46. The zero-order valence-electron chi connectivity index (χ0n) is 15.3. The fourth-order valence-electron chi connectivity index (χ4n) is 3.17. The predicted octanol–water partition coefficient (Wildman–Crippen LogP) is 2.59. The Bertz CT molecular complexity index is 918. The topological polar surface area (TPSA) is 88.8 Å². The van der Waals surface area contributed by atoms with Gasteiger partial charge in [0.05, 0.1) is 11.6 Å². The molecule has 1 aliphatic heterocycles. The van der Waals surface area contributed by atoms with E-state index in [9.17, 15) is 4.79 Å². The van der Waals surface area contributed by atoms with Crippen LogP contribution in [0, 0.1) is 19.8 Å². The molecule has 4 rings (SSSR count). The zero-order valence-corrected chi connectivity index (χ0v) is 16.1. The van der Waals surface area contributed by atoms with Gasteiger partial charge in [-0.1, -0.05) is 0 Å². The Morgan fingerprint density at radius 2 is 2.15 bits per heavy atom. The molecule has 1 amide bonds. The molecule has 0 saturated carbocycles. The lowest BCUT2D eigenvalue weighted by Crippen LogP contribution is -2.41. The van der Waals surface area contributed by atoms with Crippen molar-refractivity contribution in [3.05, 3.63) is 41.4 Å². The molecule has 0 aliphatic carbocycles. The average molecular weight is 383 g/mol. The van der Waals surface area contributed by atoms with E-state index in [0.717, 1.165) is 35.8 Å². The van der Waals surface area contributed by atoms with Crippen molar-refractivity contribution < 1.29 is 4.79 Å². The Morgan fingerprint density at radius 1 is 1.30 bits per heavy atom. The van der Waals surface area contributed by atoms with Gasteiger partial charge in [0, 0.05) is 36.4 Å². The highest BCUT2D eigenvalue weighted by molar-refractivity contribution is 7.15. The molecule has 0 radical (unpaired) electrons. The highest BCUT2D eigenvalue weighted by atomic mass is 32.1. The first kappa shape index (κ1) is 17.6. The second kappa shape index (κ2) is 7.43. The minimum Gasteiger partial charge on any atom is -0.356 e. The number of piperidine rings is 1. The van der Waals surface area contributed by atoms with Crippen LogP contribution in [-0.2, 0) is 4.79 Å². The molecule has 0 bridgehead atoms. The number of anilines is 2. The second-order valence-corrected chi connectivity index (χ2v) is 7.82. The van der Waals surface area contributed by atoms with Gasteiger partial charge in [-0.05, 0) is 32.8 Å². The molecule has 27 heavy (non-hydrogen) atoms. The quantitative estimate of drug-likeness (QED) is 0.745. The molecule has 8 nitrogen and oxygen atoms in total. The molecule has 1 saturated heterocycles.